The molecule has 228 valence electrons. The van der Waals surface area contributed by atoms with Gasteiger partial charge in [0, 0.05) is 22.7 Å². The summed E-state index contributed by atoms with van der Waals surface area (Å²) >= 11 is 6.08. The number of aliphatic hydroxyl groups is 1. The van der Waals surface area contributed by atoms with Crippen LogP contribution < -0.4 is 4.90 Å². The Morgan fingerprint density at radius 2 is 1.71 bits per heavy atom. The maximum absolute atomic E-state index is 14.0. The summed E-state index contributed by atoms with van der Waals surface area (Å²) in [7, 11) is 4.11. The second-order valence-corrected chi connectivity index (χ2v) is 9.58. The van der Waals surface area contributed by atoms with Gasteiger partial charge in [-0.05, 0) is 76.0 Å². The summed E-state index contributed by atoms with van der Waals surface area (Å²) in [5.74, 6) is -2.62. The van der Waals surface area contributed by atoms with E-state index in [1.807, 2.05) is 33.8 Å². The fourth-order valence-corrected chi connectivity index (χ4v) is 3.42. The fourth-order valence-electron chi connectivity index (χ4n) is 3.25. The molecule has 1 aliphatic rings. The maximum atomic E-state index is 14.0. The van der Waals surface area contributed by atoms with Gasteiger partial charge in [0.15, 0.2) is 17.4 Å². The van der Waals surface area contributed by atoms with Crippen LogP contribution in [0.4, 0.5) is 14.5 Å². The van der Waals surface area contributed by atoms with Crippen LogP contribution in [0.2, 0.25) is 5.02 Å². The van der Waals surface area contributed by atoms with Crippen molar-refractivity contribution >= 4 is 29.0 Å². The van der Waals surface area contributed by atoms with Crippen LogP contribution in [0.3, 0.4) is 0 Å². The molecule has 0 saturated heterocycles. The van der Waals surface area contributed by atoms with Gasteiger partial charge in [-0.3, -0.25) is 9.59 Å². The first-order valence-corrected chi connectivity index (χ1v) is 13.9. The Hall–Kier alpha value is -3.13. The molecule has 3 rings (SSSR count). The first kappa shape index (κ1) is 40.0. The van der Waals surface area contributed by atoms with Crippen molar-refractivity contribution in [2.24, 2.45) is 0 Å². The highest BCUT2D eigenvalue weighted by molar-refractivity contribution is 6.30. The third-order valence-corrected chi connectivity index (χ3v) is 6.08. The number of hydrogen-bond acceptors (Lipinski definition) is 4. The molecule has 1 unspecified atom stereocenters. The normalized spacial score (nSPS) is 14.6. The molecular formula is C33H47ClF2N2O3. The zero-order valence-corrected chi connectivity index (χ0v) is 26.6. The minimum Gasteiger partial charge on any atom is -0.392 e. The second-order valence-electron chi connectivity index (χ2n) is 9.14. The first-order valence-electron chi connectivity index (χ1n) is 13.5. The number of ketones is 1. The van der Waals surface area contributed by atoms with Gasteiger partial charge in [0.05, 0.1) is 12.2 Å². The van der Waals surface area contributed by atoms with E-state index < -0.39 is 17.5 Å². The summed E-state index contributed by atoms with van der Waals surface area (Å²) in [6, 6.07) is 8.94. The van der Waals surface area contributed by atoms with Gasteiger partial charge in [-0.2, -0.15) is 0 Å². The van der Waals surface area contributed by atoms with Crippen molar-refractivity contribution in [2.75, 3.05) is 38.7 Å². The molecule has 1 N–H and O–H groups in total. The van der Waals surface area contributed by atoms with Gasteiger partial charge in [-0.1, -0.05) is 77.1 Å². The highest BCUT2D eigenvalue weighted by Gasteiger charge is 2.41. The number of amides is 1. The van der Waals surface area contributed by atoms with Crippen LogP contribution >= 0.6 is 11.6 Å². The summed E-state index contributed by atoms with van der Waals surface area (Å²) in [6.45, 7) is 19.9. The number of anilines is 1. The standard InChI is InChI=1S/C18H16ClF2NO.C6H8O.C4H11N.C3H6O.C2H6/c1-3-18(2)10-22(15-8-7-11(19)9-13(15)18)17(23)12-5-4-6-14(20)16(12)21;1-3-4-5-6(2)7;1-4-5(2)3;1-2-3-4;1-2/h4-9H,3,10H2,1-2H3;3-5H,1H2,2H3;4H2,1-3H3;2,4H,1,3H2;1-2H3/b;5-4+;;;. The van der Waals surface area contributed by atoms with E-state index in [0.29, 0.717) is 17.3 Å². The average molecular weight is 593 g/mol. The molecule has 0 aromatic heterocycles. The summed E-state index contributed by atoms with van der Waals surface area (Å²) < 4.78 is 27.4. The molecule has 8 heteroatoms. The van der Waals surface area contributed by atoms with Gasteiger partial charge in [-0.15, -0.1) is 6.58 Å². The van der Waals surface area contributed by atoms with Crippen molar-refractivity contribution in [3.05, 3.63) is 102 Å². The minimum atomic E-state index is -1.11. The van der Waals surface area contributed by atoms with E-state index in [1.165, 1.54) is 36.1 Å². The predicted molar refractivity (Wildman–Crippen MR) is 170 cm³/mol. The SMILES string of the molecule is C=C/C=C/C(C)=O.C=CCO.CC.CCC1(C)CN(C(=O)c2cccc(F)c2F)c2ccc(Cl)cc21.CCN(C)C. The summed E-state index contributed by atoms with van der Waals surface area (Å²) in [6.07, 6.45) is 6.88. The van der Waals surface area contributed by atoms with Gasteiger partial charge in [0.25, 0.3) is 5.91 Å². The molecule has 0 spiro atoms. The van der Waals surface area contributed by atoms with Crippen LogP contribution in [0.25, 0.3) is 0 Å². The molecule has 1 atom stereocenters. The molecule has 0 fully saturated rings. The monoisotopic (exact) mass is 592 g/mol. The Morgan fingerprint density at radius 3 is 2.12 bits per heavy atom. The number of hydrogen-bond donors (Lipinski definition) is 1. The predicted octanol–water partition coefficient (Wildman–Crippen LogP) is 8.02. The third-order valence-electron chi connectivity index (χ3n) is 5.84. The van der Waals surface area contributed by atoms with E-state index in [9.17, 15) is 18.4 Å². The van der Waals surface area contributed by atoms with E-state index in [0.717, 1.165) is 24.6 Å². The lowest BCUT2D eigenvalue weighted by Crippen LogP contribution is -2.35. The average Bonchev–Trinajstić information content (AvgIpc) is 3.26. The zero-order chi connectivity index (χ0) is 32.2. The topological polar surface area (TPSA) is 60.9 Å². The van der Waals surface area contributed by atoms with E-state index in [-0.39, 0.29) is 23.4 Å². The van der Waals surface area contributed by atoms with Gasteiger partial charge in [0.1, 0.15) is 0 Å². The lowest BCUT2D eigenvalue weighted by molar-refractivity contribution is -0.112. The Balaban J connectivity index is 0. The number of allylic oxidation sites excluding steroid dienone is 3. The van der Waals surface area contributed by atoms with Crippen molar-refractivity contribution in [3.8, 4) is 0 Å². The van der Waals surface area contributed by atoms with Gasteiger partial charge in [-0.25, -0.2) is 8.78 Å². The van der Waals surface area contributed by atoms with Crippen molar-refractivity contribution in [2.45, 2.75) is 53.4 Å². The number of benzene rings is 2. The molecule has 1 aliphatic heterocycles. The van der Waals surface area contributed by atoms with Crippen LogP contribution in [0.15, 0.2) is 73.9 Å². The quantitative estimate of drug-likeness (QED) is 0.210. The molecule has 0 bridgehead atoms. The van der Waals surface area contributed by atoms with Crippen LogP contribution in [-0.2, 0) is 10.2 Å². The largest absolute Gasteiger partial charge is 0.392 e. The smallest absolute Gasteiger partial charge is 0.261 e. The van der Waals surface area contributed by atoms with Gasteiger partial charge in [0.2, 0.25) is 0 Å². The number of aliphatic hydroxyl groups excluding tert-OH is 1. The van der Waals surface area contributed by atoms with Crippen molar-refractivity contribution in [1.82, 2.24) is 4.90 Å². The van der Waals surface area contributed by atoms with Crippen LogP contribution in [-0.4, -0.2) is 55.5 Å². The molecule has 0 radical (unpaired) electrons. The van der Waals surface area contributed by atoms with Gasteiger partial charge < -0.3 is 14.9 Å². The summed E-state index contributed by atoms with van der Waals surface area (Å²) in [5, 5.41) is 8.35. The molecule has 1 amide bonds. The molecule has 0 aliphatic carbocycles. The number of carbonyl (C=O) groups excluding carboxylic acids is 2. The maximum Gasteiger partial charge on any atom is 0.261 e. The zero-order valence-electron chi connectivity index (χ0n) is 25.8. The number of halogens is 3. The summed E-state index contributed by atoms with van der Waals surface area (Å²) in [5.41, 5.74) is 1.14. The van der Waals surface area contributed by atoms with E-state index in [4.69, 9.17) is 16.7 Å². The Kier molecular flexibility index (Phi) is 21.1. The molecule has 5 nitrogen and oxygen atoms in total. The Morgan fingerprint density at radius 1 is 1.15 bits per heavy atom. The molecule has 41 heavy (non-hydrogen) atoms. The van der Waals surface area contributed by atoms with Crippen LogP contribution in [0.5, 0.6) is 0 Å². The highest BCUT2D eigenvalue weighted by atomic mass is 35.5. The lowest BCUT2D eigenvalue weighted by atomic mass is 9.82. The van der Waals surface area contributed by atoms with Crippen molar-refractivity contribution in [1.29, 1.82) is 0 Å². The Bertz CT molecular complexity index is 1140. The van der Waals surface area contributed by atoms with Crippen LogP contribution in [0.1, 0.15) is 63.9 Å². The van der Waals surface area contributed by atoms with Crippen molar-refractivity contribution in [3.63, 3.8) is 0 Å². The number of nitrogens with zero attached hydrogens (tertiary/aromatic N) is 2. The van der Waals surface area contributed by atoms with Gasteiger partial charge >= 0.3 is 0 Å². The molecule has 2 aromatic carbocycles. The van der Waals surface area contributed by atoms with E-state index >= 15 is 0 Å². The van der Waals surface area contributed by atoms with E-state index in [2.05, 4.69) is 39.1 Å². The molecular weight excluding hydrogens is 546 g/mol. The second kappa shape index (κ2) is 21.6. The highest BCUT2D eigenvalue weighted by Crippen LogP contribution is 2.44. The number of rotatable bonds is 6. The molecule has 1 heterocycles. The summed E-state index contributed by atoms with van der Waals surface area (Å²) in [4.78, 5) is 26.5. The number of carbonyl (C=O) groups is 2. The fraction of sp³-hybridized carbons (Fsp3) is 0.394. The van der Waals surface area contributed by atoms with Crippen molar-refractivity contribution < 1.29 is 23.5 Å². The number of fused-ring (bicyclic) bond motifs is 1. The van der Waals surface area contributed by atoms with Crippen LogP contribution in [0, 0.1) is 11.6 Å². The third kappa shape index (κ3) is 13.9. The Labute approximate surface area is 250 Å². The van der Waals surface area contributed by atoms with E-state index in [1.54, 1.807) is 24.3 Å². The lowest BCUT2D eigenvalue weighted by Gasteiger charge is -2.24. The molecule has 0 saturated carbocycles. The minimum absolute atomic E-state index is 0.0555. The first-order chi connectivity index (χ1) is 19.3. The molecule has 2 aromatic rings.